The number of rotatable bonds is 3. The Morgan fingerprint density at radius 1 is 1.00 bits per heavy atom. The van der Waals surface area contributed by atoms with Gasteiger partial charge in [-0.25, -0.2) is 0 Å². The van der Waals surface area contributed by atoms with Gasteiger partial charge in [0.2, 0.25) is 11.7 Å². The highest BCUT2D eigenvalue weighted by molar-refractivity contribution is 5.75. The molecule has 20 heavy (non-hydrogen) atoms. The summed E-state index contributed by atoms with van der Waals surface area (Å²) in [5, 5.41) is 3.95. The van der Waals surface area contributed by atoms with E-state index in [-0.39, 0.29) is 0 Å². The van der Waals surface area contributed by atoms with Gasteiger partial charge in [-0.2, -0.15) is 4.98 Å². The molecule has 0 atom stereocenters. The van der Waals surface area contributed by atoms with Crippen molar-refractivity contribution < 1.29 is 9.26 Å². The molecule has 1 aromatic heterocycles. The Hall–Kier alpha value is -2.62. The van der Waals surface area contributed by atoms with Gasteiger partial charge in [-0.05, 0) is 23.8 Å². The highest BCUT2D eigenvalue weighted by Gasteiger charge is 2.11. The van der Waals surface area contributed by atoms with E-state index in [1.807, 2.05) is 48.5 Å². The minimum absolute atomic E-state index is 0.553. The molecule has 0 aliphatic rings. The minimum atomic E-state index is 0.553. The molecule has 2 aromatic carbocycles. The van der Waals surface area contributed by atoms with Crippen molar-refractivity contribution in [1.82, 2.24) is 10.1 Å². The van der Waals surface area contributed by atoms with Gasteiger partial charge in [0.1, 0.15) is 5.75 Å². The van der Waals surface area contributed by atoms with E-state index in [1.54, 1.807) is 14.0 Å². The first-order chi connectivity index (χ1) is 9.78. The fourth-order valence-electron chi connectivity index (χ4n) is 2.11. The van der Waals surface area contributed by atoms with Crippen LogP contribution in [-0.4, -0.2) is 17.3 Å². The van der Waals surface area contributed by atoms with Crippen molar-refractivity contribution in [3.05, 3.63) is 54.4 Å². The van der Waals surface area contributed by atoms with E-state index in [9.17, 15) is 0 Å². The average Bonchev–Trinajstić information content (AvgIpc) is 2.94. The van der Waals surface area contributed by atoms with Crippen LogP contribution in [0.25, 0.3) is 22.5 Å². The smallest absolute Gasteiger partial charge is 0.223 e. The lowest BCUT2D eigenvalue weighted by Crippen LogP contribution is -1.90. The second-order valence-corrected chi connectivity index (χ2v) is 4.42. The van der Waals surface area contributed by atoms with Crippen molar-refractivity contribution in [2.24, 2.45) is 0 Å². The molecule has 4 nitrogen and oxygen atoms in total. The first kappa shape index (κ1) is 12.4. The maximum Gasteiger partial charge on any atom is 0.223 e. The fourth-order valence-corrected chi connectivity index (χ4v) is 2.11. The summed E-state index contributed by atoms with van der Waals surface area (Å²) in [4.78, 5) is 4.25. The third-order valence-electron chi connectivity index (χ3n) is 3.07. The third kappa shape index (κ3) is 2.28. The molecule has 0 N–H and O–H groups in total. The highest BCUT2D eigenvalue weighted by Crippen LogP contribution is 2.33. The van der Waals surface area contributed by atoms with Gasteiger partial charge in [-0.3, -0.25) is 0 Å². The predicted octanol–water partition coefficient (Wildman–Crippen LogP) is 3.72. The molecule has 0 saturated carbocycles. The van der Waals surface area contributed by atoms with Crippen LogP contribution in [0.1, 0.15) is 5.89 Å². The zero-order valence-electron chi connectivity index (χ0n) is 11.3. The molecule has 0 aliphatic carbocycles. The molecule has 3 rings (SSSR count). The van der Waals surface area contributed by atoms with Crippen LogP contribution < -0.4 is 4.74 Å². The molecule has 3 aromatic rings. The number of hydrogen-bond donors (Lipinski definition) is 0. The van der Waals surface area contributed by atoms with E-state index in [1.165, 1.54) is 0 Å². The van der Waals surface area contributed by atoms with Crippen molar-refractivity contribution in [2.75, 3.05) is 7.11 Å². The van der Waals surface area contributed by atoms with Crippen LogP contribution in [0.5, 0.6) is 5.75 Å². The number of aromatic nitrogens is 2. The van der Waals surface area contributed by atoms with Crippen LogP contribution in [-0.2, 0) is 0 Å². The van der Waals surface area contributed by atoms with E-state index >= 15 is 0 Å². The van der Waals surface area contributed by atoms with Crippen molar-refractivity contribution >= 4 is 0 Å². The van der Waals surface area contributed by atoms with Crippen LogP contribution in [0, 0.1) is 6.92 Å². The Balaban J connectivity index is 2.12. The average molecular weight is 266 g/mol. The number of hydrogen-bond acceptors (Lipinski definition) is 4. The molecule has 1 heterocycles. The number of aryl methyl sites for hydroxylation is 1. The standard InChI is InChI=1S/C16H14N2O2/c1-11-17-16(18-20-11)13-8-9-15(19-2)14(10-13)12-6-4-3-5-7-12/h3-10H,1-2H3. The Morgan fingerprint density at radius 2 is 1.80 bits per heavy atom. The maximum atomic E-state index is 5.43. The van der Waals surface area contributed by atoms with E-state index in [4.69, 9.17) is 9.26 Å². The van der Waals surface area contributed by atoms with Crippen molar-refractivity contribution in [2.45, 2.75) is 6.92 Å². The molecule has 4 heteroatoms. The fraction of sp³-hybridized carbons (Fsp3) is 0.125. The van der Waals surface area contributed by atoms with Crippen molar-refractivity contribution in [3.63, 3.8) is 0 Å². The van der Waals surface area contributed by atoms with Crippen LogP contribution in [0.4, 0.5) is 0 Å². The van der Waals surface area contributed by atoms with Crippen LogP contribution in [0.2, 0.25) is 0 Å². The van der Waals surface area contributed by atoms with E-state index < -0.39 is 0 Å². The Labute approximate surface area is 117 Å². The molecule has 0 amide bonds. The van der Waals surface area contributed by atoms with Gasteiger partial charge in [0, 0.05) is 18.1 Å². The van der Waals surface area contributed by atoms with Crippen LogP contribution in [0.15, 0.2) is 53.1 Å². The predicted molar refractivity (Wildman–Crippen MR) is 76.5 cm³/mol. The summed E-state index contributed by atoms with van der Waals surface area (Å²) >= 11 is 0. The molecular weight excluding hydrogens is 252 g/mol. The number of nitrogens with zero attached hydrogens (tertiary/aromatic N) is 2. The molecule has 0 spiro atoms. The molecule has 0 fully saturated rings. The highest BCUT2D eigenvalue weighted by atomic mass is 16.5. The Bertz CT molecular complexity index is 720. The lowest BCUT2D eigenvalue weighted by molar-refractivity contribution is 0.394. The van der Waals surface area contributed by atoms with Gasteiger partial charge in [-0.1, -0.05) is 35.5 Å². The van der Waals surface area contributed by atoms with Gasteiger partial charge in [-0.15, -0.1) is 0 Å². The van der Waals surface area contributed by atoms with E-state index in [0.717, 1.165) is 22.4 Å². The molecule has 0 bridgehead atoms. The van der Waals surface area contributed by atoms with Crippen molar-refractivity contribution in [1.29, 1.82) is 0 Å². The van der Waals surface area contributed by atoms with Crippen LogP contribution >= 0.6 is 0 Å². The second-order valence-electron chi connectivity index (χ2n) is 4.42. The normalized spacial score (nSPS) is 10.5. The zero-order chi connectivity index (χ0) is 13.9. The summed E-state index contributed by atoms with van der Waals surface area (Å²) in [7, 11) is 1.67. The summed E-state index contributed by atoms with van der Waals surface area (Å²) in [5.41, 5.74) is 3.00. The van der Waals surface area contributed by atoms with Gasteiger partial charge in [0.25, 0.3) is 0 Å². The van der Waals surface area contributed by atoms with E-state index in [0.29, 0.717) is 11.7 Å². The summed E-state index contributed by atoms with van der Waals surface area (Å²) in [5.74, 6) is 1.96. The zero-order valence-corrected chi connectivity index (χ0v) is 11.3. The monoisotopic (exact) mass is 266 g/mol. The first-order valence-corrected chi connectivity index (χ1v) is 6.32. The molecule has 0 aliphatic heterocycles. The van der Waals surface area contributed by atoms with Gasteiger partial charge in [0.05, 0.1) is 7.11 Å². The molecular formula is C16H14N2O2. The lowest BCUT2D eigenvalue weighted by atomic mass is 10.0. The summed E-state index contributed by atoms with van der Waals surface area (Å²) in [6.07, 6.45) is 0. The SMILES string of the molecule is COc1ccc(-c2noc(C)n2)cc1-c1ccccc1. The first-order valence-electron chi connectivity index (χ1n) is 6.32. The molecule has 100 valence electrons. The summed E-state index contributed by atoms with van der Waals surface area (Å²) in [6, 6.07) is 15.9. The van der Waals surface area contributed by atoms with Crippen LogP contribution in [0.3, 0.4) is 0 Å². The number of ether oxygens (including phenoxy) is 1. The molecule has 0 unspecified atom stereocenters. The third-order valence-corrected chi connectivity index (χ3v) is 3.07. The molecule has 0 saturated heterocycles. The molecule has 0 radical (unpaired) electrons. The van der Waals surface area contributed by atoms with Gasteiger partial charge in [0.15, 0.2) is 0 Å². The quantitative estimate of drug-likeness (QED) is 0.725. The maximum absolute atomic E-state index is 5.43. The van der Waals surface area contributed by atoms with Gasteiger partial charge < -0.3 is 9.26 Å². The lowest BCUT2D eigenvalue weighted by Gasteiger charge is -2.09. The minimum Gasteiger partial charge on any atom is -0.496 e. The Kier molecular flexibility index (Phi) is 3.21. The largest absolute Gasteiger partial charge is 0.496 e. The van der Waals surface area contributed by atoms with E-state index in [2.05, 4.69) is 10.1 Å². The number of benzene rings is 2. The van der Waals surface area contributed by atoms with Crippen molar-refractivity contribution in [3.8, 4) is 28.3 Å². The Morgan fingerprint density at radius 3 is 2.45 bits per heavy atom. The van der Waals surface area contributed by atoms with Gasteiger partial charge >= 0.3 is 0 Å². The number of methoxy groups -OCH3 is 1. The summed E-state index contributed by atoms with van der Waals surface area (Å²) in [6.45, 7) is 1.78. The second kappa shape index (κ2) is 5.17. The summed E-state index contributed by atoms with van der Waals surface area (Å²) < 4.78 is 10.5. The topological polar surface area (TPSA) is 48.2 Å².